The van der Waals surface area contributed by atoms with E-state index in [1.54, 1.807) is 49.5 Å². The number of sulfonamides is 1. The van der Waals surface area contributed by atoms with Crippen molar-refractivity contribution in [3.8, 4) is 5.75 Å². The van der Waals surface area contributed by atoms with E-state index in [1.807, 2.05) is 0 Å². The molecule has 0 atom stereocenters. The molecule has 0 unspecified atom stereocenters. The number of nitrogens with zero attached hydrogens (tertiary/aromatic N) is 1. The first-order chi connectivity index (χ1) is 10.8. The number of anilines is 2. The van der Waals surface area contributed by atoms with E-state index in [0.717, 1.165) is 0 Å². The minimum atomic E-state index is -3.76. The second-order valence-corrected chi connectivity index (χ2v) is 6.53. The van der Waals surface area contributed by atoms with Crippen molar-refractivity contribution >= 4 is 27.3 Å². The lowest BCUT2D eigenvalue weighted by Gasteiger charge is -2.16. The van der Waals surface area contributed by atoms with Crippen LogP contribution in [0.15, 0.2) is 53.4 Å². The number of para-hydroxylation sites is 1. The number of hydrogen-bond acceptors (Lipinski definition) is 4. The Kier molecular flexibility index (Phi) is 4.90. The number of amides is 1. The topological polar surface area (TPSA) is 75.7 Å². The summed E-state index contributed by atoms with van der Waals surface area (Å²) < 4.78 is 32.5. The first kappa shape index (κ1) is 16.8. The summed E-state index contributed by atoms with van der Waals surface area (Å²) in [5.41, 5.74) is 1.08. The normalized spacial score (nSPS) is 10.9. The molecule has 0 aromatic heterocycles. The lowest BCUT2D eigenvalue weighted by Crippen LogP contribution is -2.22. The van der Waals surface area contributed by atoms with E-state index in [1.165, 1.54) is 25.0 Å². The molecule has 0 spiro atoms. The molecule has 2 aromatic rings. The molecule has 7 heteroatoms. The maximum Gasteiger partial charge on any atom is 0.265 e. The molecule has 0 saturated heterocycles. The van der Waals surface area contributed by atoms with Gasteiger partial charge in [0.1, 0.15) is 10.6 Å². The summed E-state index contributed by atoms with van der Waals surface area (Å²) >= 11 is 0. The Labute approximate surface area is 135 Å². The largest absolute Gasteiger partial charge is 0.495 e. The molecule has 2 rings (SSSR count). The second kappa shape index (κ2) is 6.70. The average molecular weight is 334 g/mol. The van der Waals surface area contributed by atoms with Crippen LogP contribution >= 0.6 is 0 Å². The van der Waals surface area contributed by atoms with Gasteiger partial charge in [-0.25, -0.2) is 8.42 Å². The standard InChI is InChI=1S/C16H18N2O4S/c1-12(19)18(2)14-10-8-13(9-11-14)17-23(20,21)16-7-5-4-6-15(16)22-3/h4-11,17H,1-3H3. The van der Waals surface area contributed by atoms with Crippen molar-refractivity contribution in [1.82, 2.24) is 0 Å². The van der Waals surface area contributed by atoms with Crippen molar-refractivity contribution in [2.45, 2.75) is 11.8 Å². The molecule has 0 heterocycles. The summed E-state index contributed by atoms with van der Waals surface area (Å²) in [6.07, 6.45) is 0. The third-order valence-corrected chi connectivity index (χ3v) is 4.76. The molecule has 1 amide bonds. The third-order valence-electron chi connectivity index (χ3n) is 3.34. The minimum Gasteiger partial charge on any atom is -0.495 e. The Morgan fingerprint density at radius 2 is 1.70 bits per heavy atom. The number of benzene rings is 2. The average Bonchev–Trinajstić information content (AvgIpc) is 2.54. The molecule has 0 radical (unpaired) electrons. The highest BCUT2D eigenvalue weighted by molar-refractivity contribution is 7.92. The first-order valence-electron chi connectivity index (χ1n) is 6.85. The summed E-state index contributed by atoms with van der Waals surface area (Å²) in [6, 6.07) is 12.9. The maximum atomic E-state index is 12.5. The van der Waals surface area contributed by atoms with Gasteiger partial charge in [0, 0.05) is 25.3 Å². The van der Waals surface area contributed by atoms with Crippen molar-refractivity contribution in [2.24, 2.45) is 0 Å². The van der Waals surface area contributed by atoms with Gasteiger partial charge in [-0.1, -0.05) is 12.1 Å². The highest BCUT2D eigenvalue weighted by Crippen LogP contribution is 2.26. The van der Waals surface area contributed by atoms with Gasteiger partial charge in [-0.2, -0.15) is 0 Å². The Morgan fingerprint density at radius 1 is 1.09 bits per heavy atom. The Balaban J connectivity index is 2.26. The highest BCUT2D eigenvalue weighted by Gasteiger charge is 2.19. The van der Waals surface area contributed by atoms with Crippen molar-refractivity contribution < 1.29 is 17.9 Å². The number of ether oxygens (including phenoxy) is 1. The van der Waals surface area contributed by atoms with Crippen molar-refractivity contribution in [1.29, 1.82) is 0 Å². The van der Waals surface area contributed by atoms with Crippen LogP contribution in [0.1, 0.15) is 6.92 Å². The molecule has 0 aliphatic rings. The minimum absolute atomic E-state index is 0.0624. The van der Waals surface area contributed by atoms with E-state index in [2.05, 4.69) is 4.72 Å². The fourth-order valence-electron chi connectivity index (χ4n) is 1.99. The quantitative estimate of drug-likeness (QED) is 0.911. The SMILES string of the molecule is COc1ccccc1S(=O)(=O)Nc1ccc(N(C)C(C)=O)cc1. The van der Waals surface area contributed by atoms with Gasteiger partial charge in [0.2, 0.25) is 5.91 Å². The highest BCUT2D eigenvalue weighted by atomic mass is 32.2. The second-order valence-electron chi connectivity index (χ2n) is 4.88. The number of carbonyl (C=O) groups is 1. The zero-order valence-electron chi connectivity index (χ0n) is 13.1. The molecule has 6 nitrogen and oxygen atoms in total. The molecular weight excluding hydrogens is 316 g/mol. The number of rotatable bonds is 5. The Bertz CT molecular complexity index is 801. The number of nitrogens with one attached hydrogen (secondary N) is 1. The summed E-state index contributed by atoms with van der Waals surface area (Å²) in [5, 5.41) is 0. The Hall–Kier alpha value is -2.54. The fourth-order valence-corrected chi connectivity index (χ4v) is 3.22. The molecule has 122 valence electrons. The van der Waals surface area contributed by atoms with Crippen LogP contribution in [-0.4, -0.2) is 28.5 Å². The third kappa shape index (κ3) is 3.81. The van der Waals surface area contributed by atoms with Gasteiger partial charge in [-0.3, -0.25) is 9.52 Å². The van der Waals surface area contributed by atoms with Crippen LogP contribution in [0.3, 0.4) is 0 Å². The fraction of sp³-hybridized carbons (Fsp3) is 0.188. The summed E-state index contributed by atoms with van der Waals surface area (Å²) in [4.78, 5) is 12.8. The Morgan fingerprint density at radius 3 is 2.26 bits per heavy atom. The summed E-state index contributed by atoms with van der Waals surface area (Å²) in [6.45, 7) is 1.46. The predicted octanol–water partition coefficient (Wildman–Crippen LogP) is 2.48. The molecule has 0 bridgehead atoms. The smallest absolute Gasteiger partial charge is 0.265 e. The van der Waals surface area contributed by atoms with Crippen molar-refractivity contribution in [2.75, 3.05) is 23.8 Å². The van der Waals surface area contributed by atoms with E-state index in [0.29, 0.717) is 11.4 Å². The van der Waals surface area contributed by atoms with Gasteiger partial charge < -0.3 is 9.64 Å². The number of carbonyl (C=O) groups excluding carboxylic acids is 1. The lowest BCUT2D eigenvalue weighted by molar-refractivity contribution is -0.116. The van der Waals surface area contributed by atoms with Crippen LogP contribution in [0.4, 0.5) is 11.4 Å². The molecular formula is C16H18N2O4S. The van der Waals surface area contributed by atoms with Gasteiger partial charge in [0.25, 0.3) is 10.0 Å². The first-order valence-corrected chi connectivity index (χ1v) is 8.33. The van der Waals surface area contributed by atoms with Crippen molar-refractivity contribution in [3.63, 3.8) is 0 Å². The van der Waals surface area contributed by atoms with Crippen molar-refractivity contribution in [3.05, 3.63) is 48.5 Å². The van der Waals surface area contributed by atoms with Crippen LogP contribution < -0.4 is 14.4 Å². The van der Waals surface area contributed by atoms with Gasteiger partial charge in [-0.05, 0) is 36.4 Å². The van der Waals surface area contributed by atoms with Gasteiger partial charge >= 0.3 is 0 Å². The van der Waals surface area contributed by atoms with Gasteiger partial charge in [0.15, 0.2) is 0 Å². The van der Waals surface area contributed by atoms with Crippen LogP contribution in [0, 0.1) is 0 Å². The monoisotopic (exact) mass is 334 g/mol. The molecule has 0 fully saturated rings. The van der Waals surface area contributed by atoms with Gasteiger partial charge in [-0.15, -0.1) is 0 Å². The molecule has 0 aliphatic heterocycles. The number of methoxy groups -OCH3 is 1. The van der Waals surface area contributed by atoms with Crippen LogP contribution in [0.2, 0.25) is 0 Å². The summed E-state index contributed by atoms with van der Waals surface area (Å²) in [7, 11) is -0.695. The van der Waals surface area contributed by atoms with E-state index < -0.39 is 10.0 Å². The van der Waals surface area contributed by atoms with E-state index in [4.69, 9.17) is 4.74 Å². The predicted molar refractivity (Wildman–Crippen MR) is 89.3 cm³/mol. The molecule has 1 N–H and O–H groups in total. The number of hydrogen-bond donors (Lipinski definition) is 1. The van der Waals surface area contributed by atoms with E-state index in [-0.39, 0.29) is 16.6 Å². The lowest BCUT2D eigenvalue weighted by atomic mass is 10.2. The molecule has 0 saturated carbocycles. The van der Waals surface area contributed by atoms with E-state index in [9.17, 15) is 13.2 Å². The molecule has 23 heavy (non-hydrogen) atoms. The zero-order valence-corrected chi connectivity index (χ0v) is 13.9. The van der Waals surface area contributed by atoms with Gasteiger partial charge in [0.05, 0.1) is 7.11 Å². The van der Waals surface area contributed by atoms with Crippen LogP contribution in [0.5, 0.6) is 5.75 Å². The molecule has 2 aromatic carbocycles. The zero-order chi connectivity index (χ0) is 17.0. The maximum absolute atomic E-state index is 12.5. The van der Waals surface area contributed by atoms with Crippen LogP contribution in [0.25, 0.3) is 0 Å². The van der Waals surface area contributed by atoms with Crippen LogP contribution in [-0.2, 0) is 14.8 Å². The van der Waals surface area contributed by atoms with E-state index >= 15 is 0 Å². The molecule has 0 aliphatic carbocycles. The summed E-state index contributed by atoms with van der Waals surface area (Å²) in [5.74, 6) is 0.167.